The Morgan fingerprint density at radius 1 is 1.53 bits per heavy atom. The van der Waals surface area contributed by atoms with Gasteiger partial charge in [-0.3, -0.25) is 0 Å². The molecule has 17 heavy (non-hydrogen) atoms. The number of nitrogens with two attached hydrogens (primary N) is 1. The van der Waals surface area contributed by atoms with Crippen LogP contribution in [0.5, 0.6) is 0 Å². The summed E-state index contributed by atoms with van der Waals surface area (Å²) in [6.45, 7) is 1.71. The zero-order valence-electron chi connectivity index (χ0n) is 9.78. The van der Waals surface area contributed by atoms with Gasteiger partial charge in [0.25, 0.3) is 0 Å². The van der Waals surface area contributed by atoms with Crippen molar-refractivity contribution in [2.45, 2.75) is 25.4 Å². The third-order valence-corrected chi connectivity index (χ3v) is 2.99. The normalized spacial score (nSPS) is 18.9. The predicted molar refractivity (Wildman–Crippen MR) is 67.7 cm³/mol. The molecule has 0 radical (unpaired) electrons. The maximum atomic E-state index is 8.81. The molecule has 1 saturated heterocycles. The van der Waals surface area contributed by atoms with Crippen LogP contribution in [0.1, 0.15) is 24.8 Å². The molecule has 0 spiro atoms. The number of nitrogens with zero attached hydrogens (tertiary/aromatic N) is 1. The SMILES string of the molecule is N#Cc1ccc(N)c(NCCC2CCCO2)c1. The average molecular weight is 231 g/mol. The minimum absolute atomic E-state index is 0.378. The van der Waals surface area contributed by atoms with Crippen LogP contribution < -0.4 is 11.1 Å². The van der Waals surface area contributed by atoms with E-state index in [0.717, 1.165) is 38.1 Å². The third-order valence-electron chi connectivity index (χ3n) is 2.99. The van der Waals surface area contributed by atoms with Gasteiger partial charge >= 0.3 is 0 Å². The number of hydrogen-bond acceptors (Lipinski definition) is 4. The van der Waals surface area contributed by atoms with Crippen LogP contribution in [-0.4, -0.2) is 19.3 Å². The summed E-state index contributed by atoms with van der Waals surface area (Å²) < 4.78 is 5.54. The first-order valence-corrected chi connectivity index (χ1v) is 5.94. The molecule has 2 rings (SSSR count). The number of nitriles is 1. The van der Waals surface area contributed by atoms with Crippen molar-refractivity contribution in [3.05, 3.63) is 23.8 Å². The van der Waals surface area contributed by atoms with E-state index < -0.39 is 0 Å². The molecule has 1 aromatic rings. The fraction of sp³-hybridized carbons (Fsp3) is 0.462. The Kier molecular flexibility index (Phi) is 3.84. The van der Waals surface area contributed by atoms with Crippen LogP contribution in [0.3, 0.4) is 0 Å². The summed E-state index contributed by atoms with van der Waals surface area (Å²) >= 11 is 0. The van der Waals surface area contributed by atoms with E-state index >= 15 is 0 Å². The van der Waals surface area contributed by atoms with Crippen LogP contribution in [-0.2, 0) is 4.74 Å². The van der Waals surface area contributed by atoms with E-state index in [-0.39, 0.29) is 0 Å². The molecule has 0 aliphatic carbocycles. The molecule has 0 bridgehead atoms. The lowest BCUT2D eigenvalue weighted by Crippen LogP contribution is -2.13. The maximum absolute atomic E-state index is 8.81. The van der Waals surface area contributed by atoms with Gasteiger partial charge in [0.15, 0.2) is 0 Å². The number of benzene rings is 1. The first kappa shape index (κ1) is 11.7. The van der Waals surface area contributed by atoms with Crippen molar-refractivity contribution >= 4 is 11.4 Å². The number of anilines is 2. The summed E-state index contributed by atoms with van der Waals surface area (Å²) in [6, 6.07) is 7.37. The van der Waals surface area contributed by atoms with Crippen LogP contribution in [0.25, 0.3) is 0 Å². The number of nitrogen functional groups attached to an aromatic ring is 1. The Balaban J connectivity index is 1.87. The Morgan fingerprint density at radius 3 is 3.12 bits per heavy atom. The zero-order valence-corrected chi connectivity index (χ0v) is 9.78. The number of hydrogen-bond donors (Lipinski definition) is 2. The fourth-order valence-electron chi connectivity index (χ4n) is 2.02. The number of ether oxygens (including phenoxy) is 1. The first-order valence-electron chi connectivity index (χ1n) is 5.94. The maximum Gasteiger partial charge on any atom is 0.0992 e. The summed E-state index contributed by atoms with van der Waals surface area (Å²) in [7, 11) is 0. The Hall–Kier alpha value is -1.73. The van der Waals surface area contributed by atoms with Gasteiger partial charge in [-0.1, -0.05) is 0 Å². The van der Waals surface area contributed by atoms with Gasteiger partial charge in [-0.2, -0.15) is 5.26 Å². The number of nitrogens with one attached hydrogen (secondary N) is 1. The van der Waals surface area contributed by atoms with Crippen molar-refractivity contribution < 1.29 is 4.74 Å². The van der Waals surface area contributed by atoms with E-state index in [1.807, 2.05) is 0 Å². The van der Waals surface area contributed by atoms with Crippen LogP contribution in [0, 0.1) is 11.3 Å². The summed E-state index contributed by atoms with van der Waals surface area (Å²) in [5.41, 5.74) is 7.97. The van der Waals surface area contributed by atoms with Gasteiger partial charge in [-0.25, -0.2) is 0 Å². The molecule has 90 valence electrons. The molecule has 1 aliphatic rings. The molecule has 1 aliphatic heterocycles. The van der Waals surface area contributed by atoms with Gasteiger partial charge in [0.1, 0.15) is 0 Å². The largest absolute Gasteiger partial charge is 0.397 e. The summed E-state index contributed by atoms with van der Waals surface area (Å²) in [5.74, 6) is 0. The fourth-order valence-corrected chi connectivity index (χ4v) is 2.02. The number of rotatable bonds is 4. The molecule has 0 amide bonds. The van der Waals surface area contributed by atoms with Crippen molar-refractivity contribution in [3.8, 4) is 6.07 Å². The van der Waals surface area contributed by atoms with Crippen LogP contribution in [0.2, 0.25) is 0 Å². The molecule has 1 heterocycles. The lowest BCUT2D eigenvalue weighted by Gasteiger charge is -2.12. The summed E-state index contributed by atoms with van der Waals surface area (Å²) in [5, 5.41) is 12.1. The van der Waals surface area contributed by atoms with Gasteiger partial charge < -0.3 is 15.8 Å². The Morgan fingerprint density at radius 2 is 2.41 bits per heavy atom. The van der Waals surface area contributed by atoms with Gasteiger partial charge in [0, 0.05) is 13.2 Å². The smallest absolute Gasteiger partial charge is 0.0992 e. The van der Waals surface area contributed by atoms with E-state index in [4.69, 9.17) is 15.7 Å². The summed E-state index contributed by atoms with van der Waals surface area (Å²) in [4.78, 5) is 0. The monoisotopic (exact) mass is 231 g/mol. The summed E-state index contributed by atoms with van der Waals surface area (Å²) in [6.07, 6.45) is 3.67. The van der Waals surface area contributed by atoms with Crippen LogP contribution in [0.15, 0.2) is 18.2 Å². The van der Waals surface area contributed by atoms with Crippen molar-refractivity contribution in [2.75, 3.05) is 24.2 Å². The quantitative estimate of drug-likeness (QED) is 0.779. The Bertz CT molecular complexity index is 419. The highest BCUT2D eigenvalue weighted by Crippen LogP contribution is 2.21. The molecule has 1 unspecified atom stereocenters. The minimum atomic E-state index is 0.378. The van der Waals surface area contributed by atoms with Crippen molar-refractivity contribution in [1.29, 1.82) is 5.26 Å². The topological polar surface area (TPSA) is 71.1 Å². The van der Waals surface area contributed by atoms with Gasteiger partial charge in [-0.05, 0) is 37.5 Å². The predicted octanol–water partition coefficient (Wildman–Crippen LogP) is 2.12. The molecule has 3 N–H and O–H groups in total. The van der Waals surface area contributed by atoms with E-state index in [2.05, 4.69) is 11.4 Å². The lowest BCUT2D eigenvalue weighted by molar-refractivity contribution is 0.107. The lowest BCUT2D eigenvalue weighted by atomic mass is 10.1. The highest BCUT2D eigenvalue weighted by Gasteiger charge is 2.14. The Labute approximate surface area is 101 Å². The second-order valence-corrected chi connectivity index (χ2v) is 4.26. The molecular formula is C13H17N3O. The van der Waals surface area contributed by atoms with Crippen LogP contribution in [0.4, 0.5) is 11.4 Å². The highest BCUT2D eigenvalue weighted by atomic mass is 16.5. The van der Waals surface area contributed by atoms with E-state index in [1.54, 1.807) is 18.2 Å². The van der Waals surface area contributed by atoms with Gasteiger partial charge in [0.2, 0.25) is 0 Å². The molecule has 1 aromatic carbocycles. The minimum Gasteiger partial charge on any atom is -0.397 e. The average Bonchev–Trinajstić information content (AvgIpc) is 2.84. The molecule has 1 atom stereocenters. The van der Waals surface area contributed by atoms with E-state index in [1.165, 1.54) is 0 Å². The molecule has 0 saturated carbocycles. The van der Waals surface area contributed by atoms with Crippen molar-refractivity contribution in [1.82, 2.24) is 0 Å². The second kappa shape index (κ2) is 5.55. The molecule has 4 heteroatoms. The van der Waals surface area contributed by atoms with Crippen molar-refractivity contribution in [3.63, 3.8) is 0 Å². The van der Waals surface area contributed by atoms with E-state index in [9.17, 15) is 0 Å². The highest BCUT2D eigenvalue weighted by molar-refractivity contribution is 5.68. The van der Waals surface area contributed by atoms with E-state index in [0.29, 0.717) is 17.4 Å². The van der Waals surface area contributed by atoms with Crippen molar-refractivity contribution in [2.24, 2.45) is 0 Å². The second-order valence-electron chi connectivity index (χ2n) is 4.26. The first-order chi connectivity index (χ1) is 8.29. The molecule has 0 aromatic heterocycles. The molecule has 4 nitrogen and oxygen atoms in total. The standard InChI is InChI=1S/C13H17N3O/c14-9-10-3-4-12(15)13(8-10)16-6-5-11-2-1-7-17-11/h3-4,8,11,16H,1-2,5-7,15H2. The van der Waals surface area contributed by atoms with Gasteiger partial charge in [0.05, 0.1) is 29.1 Å². The third kappa shape index (κ3) is 3.11. The molecular weight excluding hydrogens is 214 g/mol. The molecule has 1 fully saturated rings. The van der Waals surface area contributed by atoms with Gasteiger partial charge in [-0.15, -0.1) is 0 Å². The zero-order chi connectivity index (χ0) is 12.1. The van der Waals surface area contributed by atoms with Crippen LogP contribution >= 0.6 is 0 Å².